The zero-order valence-corrected chi connectivity index (χ0v) is 20.8. The Morgan fingerprint density at radius 3 is 1.22 bits per heavy atom. The Morgan fingerprint density at radius 1 is 0.649 bits per heavy atom. The molecule has 2 aliphatic heterocycles. The van der Waals surface area contributed by atoms with E-state index in [9.17, 15) is 44.1 Å². The molecular weight excluding hydrogens is 492 g/mol. The lowest BCUT2D eigenvalue weighted by Crippen LogP contribution is -2.54. The van der Waals surface area contributed by atoms with Crippen molar-refractivity contribution in [3.8, 4) is 0 Å². The highest BCUT2D eigenvalue weighted by Gasteiger charge is 2.33. The quantitative estimate of drug-likeness (QED) is 0.248. The van der Waals surface area contributed by atoms with Crippen LogP contribution < -0.4 is 0 Å². The lowest BCUT2D eigenvalue weighted by atomic mass is 10.3. The number of carboxylic acids is 3. The summed E-state index contributed by atoms with van der Waals surface area (Å²) >= 11 is 0. The van der Waals surface area contributed by atoms with Crippen molar-refractivity contribution >= 4 is 35.6 Å². The number of carbonyl (C=O) groups is 6. The van der Waals surface area contributed by atoms with Gasteiger partial charge in [-0.25, -0.2) is 5.01 Å². The van der Waals surface area contributed by atoms with Crippen molar-refractivity contribution in [2.24, 2.45) is 0 Å². The highest BCUT2D eigenvalue weighted by Crippen LogP contribution is 2.10. The molecule has 0 spiro atoms. The molecule has 0 saturated carbocycles. The van der Waals surface area contributed by atoms with Gasteiger partial charge in [0.05, 0.1) is 26.2 Å². The molecular formula is C22H34N6O9. The second-order valence-corrected chi connectivity index (χ2v) is 8.72. The summed E-state index contributed by atoms with van der Waals surface area (Å²) in [5.74, 6) is -4.91. The summed E-state index contributed by atoms with van der Waals surface area (Å²) in [6.07, 6.45) is 2.16. The van der Waals surface area contributed by atoms with E-state index >= 15 is 0 Å². The first kappa shape index (κ1) is 29.8. The maximum absolute atomic E-state index is 13.1. The first-order valence-electron chi connectivity index (χ1n) is 11.9. The fourth-order valence-corrected chi connectivity index (χ4v) is 4.12. The lowest BCUT2D eigenvalue weighted by molar-refractivity contribution is -0.167. The van der Waals surface area contributed by atoms with E-state index in [1.54, 1.807) is 26.5 Å². The number of amides is 3. The minimum Gasteiger partial charge on any atom is -0.480 e. The SMILES string of the molecule is CCN(C(=O)CN1CCN(CC(=O)O)CCN(CC(=O)O)CCN(CC(=O)O)CC1)N1C(=O)C=CC1=O. The van der Waals surface area contributed by atoms with Gasteiger partial charge in [-0.3, -0.25) is 48.4 Å². The molecule has 0 aromatic carbocycles. The first-order valence-corrected chi connectivity index (χ1v) is 11.9. The first-order chi connectivity index (χ1) is 17.5. The van der Waals surface area contributed by atoms with Crippen molar-refractivity contribution in [1.29, 1.82) is 0 Å². The Bertz CT molecular complexity index is 861. The smallest absolute Gasteiger partial charge is 0.317 e. The van der Waals surface area contributed by atoms with Crippen molar-refractivity contribution in [3.05, 3.63) is 12.2 Å². The fraction of sp³-hybridized carbons (Fsp3) is 0.636. The fourth-order valence-electron chi connectivity index (χ4n) is 4.12. The third-order valence-corrected chi connectivity index (χ3v) is 5.98. The van der Waals surface area contributed by atoms with Crippen molar-refractivity contribution < 1.29 is 44.1 Å². The van der Waals surface area contributed by atoms with E-state index in [0.29, 0.717) is 0 Å². The number of likely N-dealkylation sites (N-methyl/N-ethyl adjacent to an activating group) is 1. The molecule has 2 heterocycles. The normalized spacial score (nSPS) is 19.4. The third kappa shape index (κ3) is 9.87. The number of rotatable bonds is 10. The molecule has 0 aromatic rings. The van der Waals surface area contributed by atoms with E-state index < -0.39 is 35.6 Å². The van der Waals surface area contributed by atoms with Gasteiger partial charge < -0.3 is 15.3 Å². The van der Waals surface area contributed by atoms with Crippen molar-refractivity contribution in [2.75, 3.05) is 85.1 Å². The molecule has 2 rings (SSSR count). The minimum absolute atomic E-state index is 0.0710. The zero-order chi connectivity index (χ0) is 27.5. The van der Waals surface area contributed by atoms with Crippen LogP contribution in [0.25, 0.3) is 0 Å². The van der Waals surface area contributed by atoms with E-state index in [2.05, 4.69) is 0 Å². The predicted molar refractivity (Wildman–Crippen MR) is 127 cm³/mol. The number of nitrogens with zero attached hydrogens (tertiary/aromatic N) is 6. The summed E-state index contributed by atoms with van der Waals surface area (Å²) < 4.78 is 0. The van der Waals surface area contributed by atoms with Crippen LogP contribution in [0.5, 0.6) is 0 Å². The number of aliphatic carboxylic acids is 3. The molecule has 0 unspecified atom stereocenters. The topological polar surface area (TPSA) is 183 Å². The molecule has 1 fully saturated rings. The van der Waals surface area contributed by atoms with E-state index in [4.69, 9.17) is 0 Å². The minimum atomic E-state index is -1.05. The Labute approximate surface area is 214 Å². The van der Waals surface area contributed by atoms with Gasteiger partial charge in [0, 0.05) is 71.1 Å². The van der Waals surface area contributed by atoms with Gasteiger partial charge in [-0.1, -0.05) is 0 Å². The summed E-state index contributed by atoms with van der Waals surface area (Å²) in [5.41, 5.74) is 0. The molecule has 15 nitrogen and oxygen atoms in total. The van der Waals surface area contributed by atoms with Gasteiger partial charge in [-0.15, -0.1) is 0 Å². The largest absolute Gasteiger partial charge is 0.480 e. The Hall–Kier alpha value is -3.40. The summed E-state index contributed by atoms with van der Waals surface area (Å²) in [5, 5.41) is 29.7. The molecule has 3 amide bonds. The Morgan fingerprint density at radius 2 is 0.946 bits per heavy atom. The van der Waals surface area contributed by atoms with Gasteiger partial charge in [0.2, 0.25) is 0 Å². The summed E-state index contributed by atoms with van der Waals surface area (Å²) in [7, 11) is 0. The molecule has 0 atom stereocenters. The summed E-state index contributed by atoms with van der Waals surface area (Å²) in [6.45, 7) is 2.69. The second-order valence-electron chi connectivity index (χ2n) is 8.72. The molecule has 0 aliphatic carbocycles. The van der Waals surface area contributed by atoms with Crippen LogP contribution in [0.1, 0.15) is 6.92 Å². The van der Waals surface area contributed by atoms with Crippen LogP contribution in [0.4, 0.5) is 0 Å². The summed E-state index contributed by atoms with van der Waals surface area (Å²) in [6, 6.07) is 0. The Kier molecular flexibility index (Phi) is 11.6. The van der Waals surface area contributed by atoms with Gasteiger partial charge in [0.25, 0.3) is 17.7 Å². The average Bonchev–Trinajstić information content (AvgIpc) is 3.13. The van der Waals surface area contributed by atoms with Gasteiger partial charge in [0.1, 0.15) is 0 Å². The summed E-state index contributed by atoms with van der Waals surface area (Å²) in [4.78, 5) is 77.9. The number of carboxylic acid groups (broad SMARTS) is 3. The van der Waals surface area contributed by atoms with Gasteiger partial charge in [-0.05, 0) is 6.92 Å². The van der Waals surface area contributed by atoms with Crippen LogP contribution >= 0.6 is 0 Å². The zero-order valence-electron chi connectivity index (χ0n) is 20.8. The van der Waals surface area contributed by atoms with Crippen LogP contribution in [0.3, 0.4) is 0 Å². The van der Waals surface area contributed by atoms with E-state index in [1.807, 2.05) is 0 Å². The maximum Gasteiger partial charge on any atom is 0.317 e. The number of carbonyl (C=O) groups excluding carboxylic acids is 3. The van der Waals surface area contributed by atoms with E-state index in [1.165, 1.54) is 0 Å². The van der Waals surface area contributed by atoms with Crippen molar-refractivity contribution in [1.82, 2.24) is 29.6 Å². The number of hydrazine groups is 1. The van der Waals surface area contributed by atoms with Crippen LogP contribution in [-0.4, -0.2) is 166 Å². The molecule has 3 N–H and O–H groups in total. The monoisotopic (exact) mass is 526 g/mol. The van der Waals surface area contributed by atoms with Crippen LogP contribution in [0.15, 0.2) is 12.2 Å². The molecule has 37 heavy (non-hydrogen) atoms. The predicted octanol–water partition coefficient (Wildman–Crippen LogP) is -2.85. The van der Waals surface area contributed by atoms with Gasteiger partial charge in [-0.2, -0.15) is 5.01 Å². The molecule has 0 aromatic heterocycles. The van der Waals surface area contributed by atoms with E-state index in [-0.39, 0.29) is 85.1 Å². The molecule has 15 heteroatoms. The number of imide groups is 1. The van der Waals surface area contributed by atoms with Gasteiger partial charge in [0.15, 0.2) is 0 Å². The van der Waals surface area contributed by atoms with Crippen molar-refractivity contribution in [3.63, 3.8) is 0 Å². The standard InChI is InChI=1S/C22H34N6O9/c1-2-27(28-17(29)3-4-18(28)30)19(31)13-23-5-7-24(14-20(32)33)9-11-26(16-22(36)37)12-10-25(8-6-23)15-21(34)35/h3-4H,2,5-16H2,1H3,(H,32,33)(H,34,35)(H,36,37). The second kappa shape index (κ2) is 14.4. The molecule has 1 saturated heterocycles. The molecule has 0 radical (unpaired) electrons. The van der Waals surface area contributed by atoms with E-state index in [0.717, 1.165) is 22.2 Å². The maximum atomic E-state index is 13.1. The molecule has 206 valence electrons. The van der Waals surface area contributed by atoms with Crippen LogP contribution in [0.2, 0.25) is 0 Å². The molecule has 0 bridgehead atoms. The van der Waals surface area contributed by atoms with Crippen molar-refractivity contribution in [2.45, 2.75) is 6.92 Å². The lowest BCUT2D eigenvalue weighted by Gasteiger charge is -2.34. The number of hydrogen-bond acceptors (Lipinski definition) is 10. The van der Waals surface area contributed by atoms with Crippen LogP contribution in [-0.2, 0) is 28.8 Å². The van der Waals surface area contributed by atoms with Crippen LogP contribution in [0, 0.1) is 0 Å². The third-order valence-electron chi connectivity index (χ3n) is 5.98. The number of hydrogen-bond donors (Lipinski definition) is 3. The molecule has 2 aliphatic rings. The van der Waals surface area contributed by atoms with Gasteiger partial charge >= 0.3 is 17.9 Å². The Balaban J connectivity index is 2.19. The average molecular weight is 527 g/mol. The highest BCUT2D eigenvalue weighted by atomic mass is 16.4. The highest BCUT2D eigenvalue weighted by molar-refractivity contribution is 6.13.